The molecular weight excluding hydrogens is 452 g/mol. The summed E-state index contributed by atoms with van der Waals surface area (Å²) in [6, 6.07) is 19.2. The Balaban J connectivity index is 1.70. The first-order chi connectivity index (χ1) is 16.3. The number of rotatable bonds is 10. The second kappa shape index (κ2) is 11.5. The van der Waals surface area contributed by atoms with Crippen LogP contribution in [0.1, 0.15) is 35.7 Å². The highest BCUT2D eigenvalue weighted by Crippen LogP contribution is 2.39. The highest BCUT2D eigenvalue weighted by molar-refractivity contribution is 7.99. The monoisotopic (exact) mass is 480 g/mol. The molecule has 0 atom stereocenters. The maximum atomic E-state index is 12.8. The van der Waals surface area contributed by atoms with Crippen molar-refractivity contribution in [2.75, 3.05) is 26.1 Å². The topological polar surface area (TPSA) is 99.9 Å². The Hall–Kier alpha value is -3.65. The number of hydrogen-bond donors (Lipinski definition) is 2. The lowest BCUT2D eigenvalue weighted by atomic mass is 10.0. The van der Waals surface area contributed by atoms with Crippen LogP contribution in [-0.4, -0.2) is 32.6 Å². The standard InChI is InChI=1S/C26H28N2O5S/c1-16(2)17-5-9-20(10-6-17)34-21-11-7-19(8-12-21)28-26(30)18-13-22(31-3)25(23(14-18)32-4)33-15-24(27)29/h5-14,16H,15H2,1-4H3,(H2,27,29)(H,28,30). The van der Waals surface area contributed by atoms with Crippen molar-refractivity contribution < 1.29 is 23.8 Å². The Kier molecular flexibility index (Phi) is 8.43. The lowest BCUT2D eigenvalue weighted by Gasteiger charge is -2.15. The fourth-order valence-electron chi connectivity index (χ4n) is 3.16. The number of primary amides is 1. The van der Waals surface area contributed by atoms with E-state index in [-0.39, 0.29) is 29.8 Å². The van der Waals surface area contributed by atoms with E-state index in [2.05, 4.69) is 43.4 Å². The van der Waals surface area contributed by atoms with Crippen LogP contribution >= 0.6 is 11.8 Å². The third-order valence-electron chi connectivity index (χ3n) is 4.98. The highest BCUT2D eigenvalue weighted by atomic mass is 32.2. The summed E-state index contributed by atoms with van der Waals surface area (Å²) in [6.45, 7) is 4.01. The van der Waals surface area contributed by atoms with Crippen molar-refractivity contribution in [3.63, 3.8) is 0 Å². The number of ether oxygens (including phenoxy) is 3. The summed E-state index contributed by atoms with van der Waals surface area (Å²) >= 11 is 1.66. The molecule has 0 aliphatic heterocycles. The van der Waals surface area contributed by atoms with E-state index in [4.69, 9.17) is 19.9 Å². The molecule has 8 heteroatoms. The minimum Gasteiger partial charge on any atom is -0.493 e. The van der Waals surface area contributed by atoms with E-state index in [0.717, 1.165) is 9.79 Å². The van der Waals surface area contributed by atoms with Gasteiger partial charge in [-0.1, -0.05) is 37.7 Å². The average Bonchev–Trinajstić information content (AvgIpc) is 2.83. The van der Waals surface area contributed by atoms with Gasteiger partial charge in [0.1, 0.15) is 0 Å². The summed E-state index contributed by atoms with van der Waals surface area (Å²) in [4.78, 5) is 26.1. The highest BCUT2D eigenvalue weighted by Gasteiger charge is 2.18. The number of nitrogens with two attached hydrogens (primary N) is 1. The fourth-order valence-corrected chi connectivity index (χ4v) is 3.98. The Labute approximate surface area is 203 Å². The lowest BCUT2D eigenvalue weighted by Crippen LogP contribution is -2.20. The number of methoxy groups -OCH3 is 2. The molecule has 3 rings (SSSR count). The van der Waals surface area contributed by atoms with E-state index in [9.17, 15) is 9.59 Å². The quantitative estimate of drug-likeness (QED) is 0.419. The summed E-state index contributed by atoms with van der Waals surface area (Å²) in [5, 5.41) is 2.87. The number of hydrogen-bond acceptors (Lipinski definition) is 6. The van der Waals surface area contributed by atoms with Gasteiger partial charge in [0.2, 0.25) is 5.75 Å². The van der Waals surface area contributed by atoms with Crippen molar-refractivity contribution in [2.24, 2.45) is 5.73 Å². The summed E-state index contributed by atoms with van der Waals surface area (Å²) in [7, 11) is 2.86. The van der Waals surface area contributed by atoms with Gasteiger partial charge in [0, 0.05) is 21.0 Å². The molecule has 0 radical (unpaired) electrons. The average molecular weight is 481 g/mol. The molecule has 34 heavy (non-hydrogen) atoms. The molecule has 7 nitrogen and oxygen atoms in total. The maximum absolute atomic E-state index is 12.8. The zero-order chi connectivity index (χ0) is 24.7. The molecule has 0 aliphatic rings. The zero-order valence-electron chi connectivity index (χ0n) is 19.6. The van der Waals surface area contributed by atoms with Crippen molar-refractivity contribution in [1.29, 1.82) is 0 Å². The van der Waals surface area contributed by atoms with Gasteiger partial charge in [0.05, 0.1) is 14.2 Å². The van der Waals surface area contributed by atoms with Gasteiger partial charge in [-0.25, -0.2) is 0 Å². The van der Waals surface area contributed by atoms with Gasteiger partial charge in [-0.05, 0) is 60.0 Å². The second-order valence-electron chi connectivity index (χ2n) is 7.77. The Morgan fingerprint density at radius 3 is 1.91 bits per heavy atom. The van der Waals surface area contributed by atoms with Gasteiger partial charge >= 0.3 is 0 Å². The zero-order valence-corrected chi connectivity index (χ0v) is 20.4. The third-order valence-corrected chi connectivity index (χ3v) is 5.99. The molecular formula is C26H28N2O5S. The van der Waals surface area contributed by atoms with Crippen LogP contribution in [0.2, 0.25) is 0 Å². The molecule has 0 fully saturated rings. The molecule has 0 saturated heterocycles. The predicted octanol–water partition coefficient (Wildman–Crippen LogP) is 5.09. The lowest BCUT2D eigenvalue weighted by molar-refractivity contribution is -0.120. The van der Waals surface area contributed by atoms with Crippen LogP contribution in [0, 0.1) is 0 Å². The smallest absolute Gasteiger partial charge is 0.255 e. The molecule has 0 bridgehead atoms. The summed E-state index contributed by atoms with van der Waals surface area (Å²) < 4.78 is 16.0. The van der Waals surface area contributed by atoms with Crippen LogP contribution in [0.25, 0.3) is 0 Å². The summed E-state index contributed by atoms with van der Waals surface area (Å²) in [5.41, 5.74) is 7.41. The Morgan fingerprint density at radius 2 is 1.44 bits per heavy atom. The van der Waals surface area contributed by atoms with E-state index in [1.807, 2.05) is 24.3 Å². The molecule has 2 amide bonds. The fraction of sp³-hybridized carbons (Fsp3) is 0.231. The molecule has 0 saturated carbocycles. The molecule has 3 N–H and O–H groups in total. The van der Waals surface area contributed by atoms with Crippen LogP contribution in [-0.2, 0) is 4.79 Å². The Bertz CT molecular complexity index is 1120. The largest absolute Gasteiger partial charge is 0.493 e. The van der Waals surface area contributed by atoms with E-state index in [1.54, 1.807) is 11.8 Å². The van der Waals surface area contributed by atoms with Gasteiger partial charge in [0.15, 0.2) is 18.1 Å². The van der Waals surface area contributed by atoms with E-state index >= 15 is 0 Å². The first kappa shape index (κ1) is 25.0. The number of carbonyl (C=O) groups excluding carboxylic acids is 2. The summed E-state index contributed by atoms with van der Waals surface area (Å²) in [6.07, 6.45) is 0. The minimum absolute atomic E-state index is 0.197. The van der Waals surface area contributed by atoms with Crippen molar-refractivity contribution in [2.45, 2.75) is 29.6 Å². The molecule has 0 aliphatic carbocycles. The van der Waals surface area contributed by atoms with Crippen LogP contribution < -0.4 is 25.3 Å². The number of carbonyl (C=O) groups is 2. The number of anilines is 1. The predicted molar refractivity (Wildman–Crippen MR) is 133 cm³/mol. The molecule has 0 heterocycles. The first-order valence-electron chi connectivity index (χ1n) is 10.7. The van der Waals surface area contributed by atoms with Crippen molar-refractivity contribution in [3.8, 4) is 17.2 Å². The van der Waals surface area contributed by atoms with E-state index in [0.29, 0.717) is 17.2 Å². The van der Waals surface area contributed by atoms with E-state index in [1.165, 1.54) is 31.9 Å². The molecule has 3 aromatic carbocycles. The number of benzene rings is 3. The minimum atomic E-state index is -0.639. The molecule has 178 valence electrons. The molecule has 0 aromatic heterocycles. The first-order valence-corrected chi connectivity index (χ1v) is 11.5. The second-order valence-corrected chi connectivity index (χ2v) is 8.92. The van der Waals surface area contributed by atoms with Gasteiger partial charge in [0.25, 0.3) is 11.8 Å². The van der Waals surface area contributed by atoms with E-state index < -0.39 is 5.91 Å². The van der Waals surface area contributed by atoms with Crippen LogP contribution in [0.5, 0.6) is 17.2 Å². The SMILES string of the molecule is COc1cc(C(=O)Nc2ccc(Sc3ccc(C(C)C)cc3)cc2)cc(OC)c1OCC(N)=O. The number of nitrogens with one attached hydrogen (secondary N) is 1. The van der Waals surface area contributed by atoms with Gasteiger partial charge < -0.3 is 25.3 Å². The van der Waals surface area contributed by atoms with Crippen LogP contribution in [0.3, 0.4) is 0 Å². The molecule has 3 aromatic rings. The molecule has 0 unspecified atom stereocenters. The number of amides is 2. The van der Waals surface area contributed by atoms with Crippen molar-refractivity contribution in [3.05, 3.63) is 71.8 Å². The van der Waals surface area contributed by atoms with Crippen LogP contribution in [0.15, 0.2) is 70.5 Å². The van der Waals surface area contributed by atoms with Gasteiger partial charge in [-0.3, -0.25) is 9.59 Å². The Morgan fingerprint density at radius 1 is 0.912 bits per heavy atom. The van der Waals surface area contributed by atoms with Crippen LogP contribution in [0.4, 0.5) is 5.69 Å². The molecule has 0 spiro atoms. The third kappa shape index (κ3) is 6.45. The summed E-state index contributed by atoms with van der Waals surface area (Å²) in [5.74, 6) is 0.216. The van der Waals surface area contributed by atoms with Gasteiger partial charge in [-0.2, -0.15) is 0 Å². The van der Waals surface area contributed by atoms with Gasteiger partial charge in [-0.15, -0.1) is 0 Å². The normalized spacial score (nSPS) is 10.6. The maximum Gasteiger partial charge on any atom is 0.255 e. The van der Waals surface area contributed by atoms with Crippen molar-refractivity contribution in [1.82, 2.24) is 0 Å². The van der Waals surface area contributed by atoms with Crippen molar-refractivity contribution >= 4 is 29.3 Å².